The number of anilines is 1. The molecule has 0 amide bonds. The van der Waals surface area contributed by atoms with Crippen LogP contribution in [0.25, 0.3) is 0 Å². The van der Waals surface area contributed by atoms with Crippen molar-refractivity contribution in [2.45, 2.75) is 32.1 Å². The Kier molecular flexibility index (Phi) is 2.97. The van der Waals surface area contributed by atoms with Crippen molar-refractivity contribution in [3.8, 4) is 0 Å². The molecule has 3 N–H and O–H groups in total. The highest BCUT2D eigenvalue weighted by Crippen LogP contribution is 2.36. The van der Waals surface area contributed by atoms with Gasteiger partial charge in [0.05, 0.1) is 0 Å². The van der Waals surface area contributed by atoms with Gasteiger partial charge in [0, 0.05) is 29.5 Å². The van der Waals surface area contributed by atoms with Crippen LogP contribution < -0.4 is 16.2 Å². The van der Waals surface area contributed by atoms with Crippen molar-refractivity contribution in [1.82, 2.24) is 10.9 Å². The molecule has 0 aromatic heterocycles. The molecule has 19 heavy (non-hydrogen) atoms. The fourth-order valence-corrected chi connectivity index (χ4v) is 2.69. The number of aryl methyl sites for hydroxylation is 1. The molecule has 2 aliphatic rings. The lowest BCUT2D eigenvalue weighted by Crippen LogP contribution is -2.28. The standard InChI is InChI=1S/C16H21N3/c1-16(2)11-17-15-8-6-12(10-14(15)16)5-7-13-4-3-9-18-19-13/h3-4,6,8-10,17-19H,5,7,11H2,1-2H3. The molecule has 3 nitrogen and oxygen atoms in total. The third kappa shape index (κ3) is 2.46. The predicted octanol–water partition coefficient (Wildman–Crippen LogP) is 2.83. The average molecular weight is 255 g/mol. The number of hydrogen-bond donors (Lipinski definition) is 3. The van der Waals surface area contributed by atoms with Gasteiger partial charge in [-0.3, -0.25) is 0 Å². The Labute approximate surface area is 114 Å². The summed E-state index contributed by atoms with van der Waals surface area (Å²) in [5, 5.41) is 3.48. The molecule has 0 atom stereocenters. The maximum absolute atomic E-state index is 3.48. The molecular weight excluding hydrogens is 234 g/mol. The van der Waals surface area contributed by atoms with E-state index in [1.54, 1.807) is 0 Å². The van der Waals surface area contributed by atoms with Gasteiger partial charge in [0.1, 0.15) is 0 Å². The summed E-state index contributed by atoms with van der Waals surface area (Å²) in [5.41, 5.74) is 11.8. The van der Waals surface area contributed by atoms with E-state index in [-0.39, 0.29) is 5.41 Å². The van der Waals surface area contributed by atoms with Gasteiger partial charge < -0.3 is 16.2 Å². The zero-order valence-electron chi connectivity index (χ0n) is 11.6. The van der Waals surface area contributed by atoms with Gasteiger partial charge in [-0.1, -0.05) is 26.0 Å². The van der Waals surface area contributed by atoms with Crippen molar-refractivity contribution < 1.29 is 0 Å². The van der Waals surface area contributed by atoms with Crippen LogP contribution in [-0.2, 0) is 11.8 Å². The molecule has 0 bridgehead atoms. The van der Waals surface area contributed by atoms with Gasteiger partial charge in [-0.2, -0.15) is 0 Å². The van der Waals surface area contributed by atoms with E-state index in [1.165, 1.54) is 22.5 Å². The summed E-state index contributed by atoms with van der Waals surface area (Å²) < 4.78 is 0. The third-order valence-corrected chi connectivity index (χ3v) is 3.93. The van der Waals surface area contributed by atoms with Gasteiger partial charge in [-0.25, -0.2) is 0 Å². The average Bonchev–Trinajstić information content (AvgIpc) is 2.73. The second-order valence-corrected chi connectivity index (χ2v) is 5.94. The van der Waals surface area contributed by atoms with E-state index in [1.807, 2.05) is 12.3 Å². The van der Waals surface area contributed by atoms with Crippen molar-refractivity contribution in [3.63, 3.8) is 0 Å². The van der Waals surface area contributed by atoms with Crippen LogP contribution in [0.2, 0.25) is 0 Å². The van der Waals surface area contributed by atoms with Crippen LogP contribution in [0.3, 0.4) is 0 Å². The second-order valence-electron chi connectivity index (χ2n) is 5.94. The maximum Gasteiger partial charge on any atom is 0.0379 e. The highest BCUT2D eigenvalue weighted by atomic mass is 15.3. The first kappa shape index (κ1) is 12.2. The van der Waals surface area contributed by atoms with Crippen molar-refractivity contribution in [2.24, 2.45) is 0 Å². The third-order valence-electron chi connectivity index (χ3n) is 3.93. The molecule has 3 heteroatoms. The molecule has 0 radical (unpaired) electrons. The smallest absolute Gasteiger partial charge is 0.0379 e. The quantitative estimate of drug-likeness (QED) is 0.777. The minimum absolute atomic E-state index is 0.248. The molecule has 0 fully saturated rings. The Bertz CT molecular complexity index is 541. The molecule has 1 aromatic carbocycles. The number of allylic oxidation sites excluding steroid dienone is 3. The number of hydrogen-bond acceptors (Lipinski definition) is 3. The van der Waals surface area contributed by atoms with E-state index in [0.29, 0.717) is 0 Å². The largest absolute Gasteiger partial charge is 0.384 e. The Balaban J connectivity index is 1.73. The van der Waals surface area contributed by atoms with Gasteiger partial charge in [0.15, 0.2) is 0 Å². The normalized spacial score (nSPS) is 18.9. The number of benzene rings is 1. The van der Waals surface area contributed by atoms with E-state index < -0.39 is 0 Å². The van der Waals surface area contributed by atoms with E-state index >= 15 is 0 Å². The van der Waals surface area contributed by atoms with Crippen molar-refractivity contribution in [3.05, 3.63) is 53.4 Å². The van der Waals surface area contributed by atoms with Crippen LogP contribution in [0, 0.1) is 0 Å². The summed E-state index contributed by atoms with van der Waals surface area (Å²) in [4.78, 5) is 0. The fourth-order valence-electron chi connectivity index (χ4n) is 2.69. The van der Waals surface area contributed by atoms with Crippen molar-refractivity contribution in [1.29, 1.82) is 0 Å². The first-order chi connectivity index (χ1) is 9.15. The summed E-state index contributed by atoms with van der Waals surface area (Å²) in [7, 11) is 0. The first-order valence-electron chi connectivity index (χ1n) is 6.90. The molecular formula is C16H21N3. The number of hydrazine groups is 1. The van der Waals surface area contributed by atoms with Crippen LogP contribution >= 0.6 is 0 Å². The van der Waals surface area contributed by atoms with E-state index in [0.717, 1.165) is 19.4 Å². The van der Waals surface area contributed by atoms with Crippen LogP contribution in [0.15, 0.2) is 42.2 Å². The first-order valence-corrected chi connectivity index (χ1v) is 6.90. The van der Waals surface area contributed by atoms with Gasteiger partial charge in [-0.15, -0.1) is 0 Å². The van der Waals surface area contributed by atoms with E-state index in [9.17, 15) is 0 Å². The summed E-state index contributed by atoms with van der Waals surface area (Å²) in [6.07, 6.45) is 8.14. The monoisotopic (exact) mass is 255 g/mol. The lowest BCUT2D eigenvalue weighted by molar-refractivity contribution is 0.585. The highest BCUT2D eigenvalue weighted by molar-refractivity contribution is 5.60. The molecule has 2 aliphatic heterocycles. The zero-order chi connectivity index (χ0) is 13.3. The number of rotatable bonds is 3. The number of fused-ring (bicyclic) bond motifs is 1. The summed E-state index contributed by atoms with van der Waals surface area (Å²) in [5.74, 6) is 0. The molecule has 0 aliphatic carbocycles. The Morgan fingerprint density at radius 3 is 2.89 bits per heavy atom. The lowest BCUT2D eigenvalue weighted by Gasteiger charge is -2.18. The molecule has 1 aromatic rings. The molecule has 3 rings (SSSR count). The maximum atomic E-state index is 3.48. The van der Waals surface area contributed by atoms with E-state index in [4.69, 9.17) is 0 Å². The zero-order valence-corrected chi connectivity index (χ0v) is 11.6. The summed E-state index contributed by atoms with van der Waals surface area (Å²) >= 11 is 0. The predicted molar refractivity (Wildman–Crippen MR) is 79.8 cm³/mol. The Morgan fingerprint density at radius 1 is 1.21 bits per heavy atom. The lowest BCUT2D eigenvalue weighted by atomic mass is 9.85. The number of nitrogens with one attached hydrogen (secondary N) is 3. The van der Waals surface area contributed by atoms with E-state index in [2.05, 4.69) is 54.3 Å². The summed E-state index contributed by atoms with van der Waals surface area (Å²) in [6.45, 7) is 5.64. The minimum Gasteiger partial charge on any atom is -0.384 e. The van der Waals surface area contributed by atoms with Gasteiger partial charge in [0.2, 0.25) is 0 Å². The van der Waals surface area contributed by atoms with Crippen LogP contribution in [0.1, 0.15) is 31.4 Å². The summed E-state index contributed by atoms with van der Waals surface area (Å²) in [6, 6.07) is 6.82. The van der Waals surface area contributed by atoms with Gasteiger partial charge in [0.25, 0.3) is 0 Å². The molecule has 100 valence electrons. The minimum atomic E-state index is 0.248. The molecule has 0 saturated carbocycles. The molecule has 0 saturated heterocycles. The SMILES string of the molecule is CC1(C)CNc2ccc(CCC3=CC=CNN3)cc21. The topological polar surface area (TPSA) is 36.1 Å². The van der Waals surface area contributed by atoms with Crippen LogP contribution in [0.5, 0.6) is 0 Å². The molecule has 0 unspecified atom stereocenters. The van der Waals surface area contributed by atoms with Crippen LogP contribution in [0.4, 0.5) is 5.69 Å². The highest BCUT2D eigenvalue weighted by Gasteiger charge is 2.29. The second kappa shape index (κ2) is 4.65. The Morgan fingerprint density at radius 2 is 2.11 bits per heavy atom. The van der Waals surface area contributed by atoms with Crippen molar-refractivity contribution >= 4 is 5.69 Å². The van der Waals surface area contributed by atoms with Crippen molar-refractivity contribution in [2.75, 3.05) is 11.9 Å². The van der Waals surface area contributed by atoms with Crippen LogP contribution in [-0.4, -0.2) is 6.54 Å². The van der Waals surface area contributed by atoms with Gasteiger partial charge >= 0.3 is 0 Å². The Hall–Kier alpha value is -1.90. The fraction of sp³-hybridized carbons (Fsp3) is 0.375. The van der Waals surface area contributed by atoms with Gasteiger partial charge in [-0.05, 0) is 42.2 Å². The molecule has 2 heterocycles. The molecule has 0 spiro atoms.